The molecule has 118 valence electrons. The second-order valence-corrected chi connectivity index (χ2v) is 7.62. The highest BCUT2D eigenvalue weighted by atomic mass is 32.2. The molecule has 1 aliphatic heterocycles. The summed E-state index contributed by atoms with van der Waals surface area (Å²) in [5, 5.41) is 1.43. The lowest BCUT2D eigenvalue weighted by atomic mass is 10.2. The molecule has 9 heteroatoms. The zero-order valence-corrected chi connectivity index (χ0v) is 13.2. The molecule has 0 aliphatic carbocycles. The molecule has 1 N–H and O–H groups in total. The van der Waals surface area contributed by atoms with Crippen molar-refractivity contribution in [2.45, 2.75) is 18.1 Å². The number of hydrogen-bond acceptors (Lipinski definition) is 7. The summed E-state index contributed by atoms with van der Waals surface area (Å²) in [5.41, 5.74) is 0.0621. The van der Waals surface area contributed by atoms with E-state index in [4.69, 9.17) is 9.15 Å². The lowest BCUT2D eigenvalue weighted by Gasteiger charge is -2.21. The Balaban J connectivity index is 1.71. The van der Waals surface area contributed by atoms with Crippen molar-refractivity contribution < 1.29 is 22.4 Å². The predicted molar refractivity (Wildman–Crippen MR) is 80.0 cm³/mol. The first-order valence-corrected chi connectivity index (χ1v) is 9.12. The van der Waals surface area contributed by atoms with Crippen LogP contribution in [-0.4, -0.2) is 37.8 Å². The van der Waals surface area contributed by atoms with Crippen molar-refractivity contribution in [3.05, 3.63) is 29.5 Å². The maximum absolute atomic E-state index is 12.2. The molecule has 1 saturated heterocycles. The Morgan fingerprint density at radius 1 is 1.36 bits per heavy atom. The number of nitrogens with zero attached hydrogens (tertiary/aromatic N) is 1. The summed E-state index contributed by atoms with van der Waals surface area (Å²) >= 11 is 1.22. The molecule has 3 heterocycles. The molecule has 7 nitrogen and oxygen atoms in total. The van der Waals surface area contributed by atoms with Crippen molar-refractivity contribution in [1.82, 2.24) is 9.71 Å². The summed E-state index contributed by atoms with van der Waals surface area (Å²) in [6, 6.07) is 3.44. The van der Waals surface area contributed by atoms with Gasteiger partial charge in [-0.3, -0.25) is 4.79 Å². The molecule has 0 spiro atoms. The van der Waals surface area contributed by atoms with Crippen LogP contribution in [0.2, 0.25) is 0 Å². The zero-order valence-electron chi connectivity index (χ0n) is 11.5. The van der Waals surface area contributed by atoms with E-state index in [1.165, 1.54) is 23.0 Å². The lowest BCUT2D eigenvalue weighted by molar-refractivity contribution is 0.0948. The molecule has 2 aromatic rings. The van der Waals surface area contributed by atoms with Crippen LogP contribution in [0, 0.1) is 0 Å². The second-order valence-electron chi connectivity index (χ2n) is 4.80. The highest BCUT2D eigenvalue weighted by Crippen LogP contribution is 2.24. The molecule has 3 rings (SSSR count). The van der Waals surface area contributed by atoms with Crippen LogP contribution >= 0.6 is 11.3 Å². The van der Waals surface area contributed by atoms with Gasteiger partial charge in [-0.15, -0.1) is 11.3 Å². The average Bonchev–Trinajstić information content (AvgIpc) is 3.19. The molecule has 2 aromatic heterocycles. The van der Waals surface area contributed by atoms with Gasteiger partial charge in [-0.25, -0.2) is 18.1 Å². The molecular weight excluding hydrogens is 328 g/mol. The number of carbonyl (C=O) groups excluding carboxylic acids is 1. The minimum absolute atomic E-state index is 0.0621. The molecular formula is C13H14N2O5S2. The third-order valence-corrected chi connectivity index (χ3v) is 5.99. The molecule has 0 bridgehead atoms. The van der Waals surface area contributed by atoms with E-state index in [1.54, 1.807) is 12.1 Å². The Kier molecular flexibility index (Phi) is 4.27. The fourth-order valence-electron chi connectivity index (χ4n) is 2.14. The number of amides is 1. The first kappa shape index (κ1) is 15.2. The van der Waals surface area contributed by atoms with E-state index in [1.807, 2.05) is 0 Å². The smallest absolute Gasteiger partial charge is 0.284 e. The summed E-state index contributed by atoms with van der Waals surface area (Å²) in [6.07, 6.45) is 2.28. The van der Waals surface area contributed by atoms with Crippen LogP contribution in [0.25, 0.3) is 10.8 Å². The summed E-state index contributed by atoms with van der Waals surface area (Å²) in [7, 11) is -3.71. The largest absolute Gasteiger partial charge is 0.462 e. The number of ether oxygens (including phenoxy) is 1. The fourth-order valence-corrected chi connectivity index (χ4v) is 4.25. The van der Waals surface area contributed by atoms with Crippen LogP contribution in [0.3, 0.4) is 0 Å². The number of rotatable bonds is 4. The number of hydrogen-bond donors (Lipinski definition) is 1. The molecule has 0 aromatic carbocycles. The highest BCUT2D eigenvalue weighted by Gasteiger charge is 2.30. The molecule has 22 heavy (non-hydrogen) atoms. The van der Waals surface area contributed by atoms with E-state index in [-0.39, 0.29) is 5.69 Å². The summed E-state index contributed by atoms with van der Waals surface area (Å²) in [5.74, 6) is -0.183. The molecule has 0 radical (unpaired) electrons. The number of sulfonamides is 1. The second kappa shape index (κ2) is 6.19. The van der Waals surface area contributed by atoms with Crippen molar-refractivity contribution >= 4 is 27.3 Å². The van der Waals surface area contributed by atoms with Crippen LogP contribution in [0.5, 0.6) is 0 Å². The van der Waals surface area contributed by atoms with E-state index in [9.17, 15) is 13.2 Å². The number of furan rings is 1. The number of nitrogens with one attached hydrogen (secondary N) is 1. The topological polar surface area (TPSA) is 98.5 Å². The Bertz CT molecular complexity index is 745. The van der Waals surface area contributed by atoms with Crippen molar-refractivity contribution in [2.24, 2.45) is 0 Å². The number of carbonyl (C=O) groups is 1. The molecule has 1 fully saturated rings. The van der Waals surface area contributed by atoms with Crippen molar-refractivity contribution in [3.63, 3.8) is 0 Å². The SMILES string of the molecule is O=C(NS(=O)(=O)C1CCOCC1)c1csc(-c2ccco2)n1. The molecule has 0 unspecified atom stereocenters. The first-order valence-electron chi connectivity index (χ1n) is 6.69. The van der Waals surface area contributed by atoms with Gasteiger partial charge in [-0.05, 0) is 25.0 Å². The maximum Gasteiger partial charge on any atom is 0.284 e. The van der Waals surface area contributed by atoms with Gasteiger partial charge in [0.1, 0.15) is 5.69 Å². The van der Waals surface area contributed by atoms with Gasteiger partial charge in [0.15, 0.2) is 10.8 Å². The van der Waals surface area contributed by atoms with Crippen LogP contribution in [0.15, 0.2) is 28.2 Å². The monoisotopic (exact) mass is 342 g/mol. The highest BCUT2D eigenvalue weighted by molar-refractivity contribution is 7.90. The van der Waals surface area contributed by atoms with Gasteiger partial charge in [0.25, 0.3) is 5.91 Å². The van der Waals surface area contributed by atoms with E-state index in [2.05, 4.69) is 9.71 Å². The van der Waals surface area contributed by atoms with Crippen LogP contribution in [0.4, 0.5) is 0 Å². The van der Waals surface area contributed by atoms with Gasteiger partial charge in [-0.2, -0.15) is 0 Å². The van der Waals surface area contributed by atoms with Gasteiger partial charge in [0.2, 0.25) is 10.0 Å². The quantitative estimate of drug-likeness (QED) is 0.907. The van der Waals surface area contributed by atoms with E-state index in [0.717, 1.165) is 0 Å². The van der Waals surface area contributed by atoms with Gasteiger partial charge in [-0.1, -0.05) is 0 Å². The number of thiazole rings is 1. The maximum atomic E-state index is 12.2. The molecule has 1 aliphatic rings. The zero-order chi connectivity index (χ0) is 15.6. The van der Waals surface area contributed by atoms with Crippen molar-refractivity contribution in [1.29, 1.82) is 0 Å². The average molecular weight is 342 g/mol. The lowest BCUT2D eigenvalue weighted by Crippen LogP contribution is -2.41. The third kappa shape index (κ3) is 3.21. The summed E-state index contributed by atoms with van der Waals surface area (Å²) in [6.45, 7) is 0.776. The van der Waals surface area contributed by atoms with Crippen LogP contribution in [0.1, 0.15) is 23.3 Å². The van der Waals surface area contributed by atoms with Gasteiger partial charge < -0.3 is 9.15 Å². The molecule has 1 amide bonds. The Hall–Kier alpha value is -1.71. The van der Waals surface area contributed by atoms with E-state index < -0.39 is 21.2 Å². The van der Waals surface area contributed by atoms with Gasteiger partial charge >= 0.3 is 0 Å². The van der Waals surface area contributed by atoms with Crippen molar-refractivity contribution in [2.75, 3.05) is 13.2 Å². The minimum Gasteiger partial charge on any atom is -0.462 e. The minimum atomic E-state index is -3.71. The standard InChI is InChI=1S/C13H14N2O5S2/c16-12(15-22(17,18)9-3-6-19-7-4-9)10-8-21-13(14-10)11-2-1-5-20-11/h1-2,5,8-9H,3-4,6-7H2,(H,15,16). The predicted octanol–water partition coefficient (Wildman–Crippen LogP) is 1.64. The normalized spacial score (nSPS) is 16.5. The van der Waals surface area contributed by atoms with E-state index in [0.29, 0.717) is 36.8 Å². The summed E-state index contributed by atoms with van der Waals surface area (Å²) < 4.78 is 36.8. The number of aromatic nitrogens is 1. The fraction of sp³-hybridized carbons (Fsp3) is 0.385. The molecule has 0 atom stereocenters. The van der Waals surface area contributed by atoms with Crippen LogP contribution < -0.4 is 4.72 Å². The van der Waals surface area contributed by atoms with Gasteiger partial charge in [0, 0.05) is 18.6 Å². The van der Waals surface area contributed by atoms with Gasteiger partial charge in [0.05, 0.1) is 11.5 Å². The van der Waals surface area contributed by atoms with Crippen molar-refractivity contribution in [3.8, 4) is 10.8 Å². The Morgan fingerprint density at radius 3 is 2.82 bits per heavy atom. The Labute approximate surface area is 131 Å². The third-order valence-electron chi connectivity index (χ3n) is 3.31. The summed E-state index contributed by atoms with van der Waals surface area (Å²) in [4.78, 5) is 16.2. The first-order chi connectivity index (χ1) is 10.6. The van der Waals surface area contributed by atoms with Crippen LogP contribution in [-0.2, 0) is 14.8 Å². The molecule has 0 saturated carbocycles. The Morgan fingerprint density at radius 2 is 2.14 bits per heavy atom. The van der Waals surface area contributed by atoms with E-state index >= 15 is 0 Å².